The van der Waals surface area contributed by atoms with E-state index in [-0.39, 0.29) is 12.1 Å². The minimum atomic E-state index is -0.0990. The van der Waals surface area contributed by atoms with Crippen LogP contribution < -0.4 is 15.5 Å². The van der Waals surface area contributed by atoms with Crippen molar-refractivity contribution in [2.24, 2.45) is 0 Å². The molecule has 2 amide bonds. The van der Waals surface area contributed by atoms with Gasteiger partial charge in [0.1, 0.15) is 5.82 Å². The first-order valence-corrected chi connectivity index (χ1v) is 7.40. The van der Waals surface area contributed by atoms with Crippen LogP contribution in [0.15, 0.2) is 18.3 Å². The normalized spacial score (nSPS) is 16.5. The summed E-state index contributed by atoms with van der Waals surface area (Å²) in [6.07, 6.45) is 3.79. The number of rotatable bonds is 4. The fourth-order valence-electron chi connectivity index (χ4n) is 2.54. The van der Waals surface area contributed by atoms with E-state index in [0.29, 0.717) is 6.54 Å². The molecule has 0 bridgehead atoms. The van der Waals surface area contributed by atoms with Crippen LogP contribution in [0.5, 0.6) is 0 Å². The standard InChI is InChI=1S/C15H25N5O/c1-19(2)14-12(5-4-8-16-14)11-17-15(21)18-13-6-9-20(3)10-7-13/h4-5,8,13H,6-7,9-11H2,1-3H3,(H2,17,18,21). The molecule has 1 aromatic rings. The third kappa shape index (κ3) is 4.60. The van der Waals surface area contributed by atoms with Crippen LogP contribution in [0.4, 0.5) is 10.6 Å². The molecule has 0 unspecified atom stereocenters. The van der Waals surface area contributed by atoms with E-state index in [4.69, 9.17) is 0 Å². The number of urea groups is 1. The van der Waals surface area contributed by atoms with Gasteiger partial charge in [0.25, 0.3) is 0 Å². The summed E-state index contributed by atoms with van der Waals surface area (Å²) in [6, 6.07) is 4.05. The summed E-state index contributed by atoms with van der Waals surface area (Å²) in [6.45, 7) is 2.57. The van der Waals surface area contributed by atoms with Crippen molar-refractivity contribution in [2.45, 2.75) is 25.4 Å². The van der Waals surface area contributed by atoms with Crippen LogP contribution in [-0.2, 0) is 6.54 Å². The van der Waals surface area contributed by atoms with Crippen molar-refractivity contribution in [2.75, 3.05) is 39.1 Å². The maximum Gasteiger partial charge on any atom is 0.315 e. The van der Waals surface area contributed by atoms with Crippen LogP contribution in [0.3, 0.4) is 0 Å². The van der Waals surface area contributed by atoms with Crippen LogP contribution in [0.2, 0.25) is 0 Å². The number of pyridine rings is 1. The zero-order chi connectivity index (χ0) is 15.2. The molecule has 0 radical (unpaired) electrons. The highest BCUT2D eigenvalue weighted by Crippen LogP contribution is 2.14. The molecule has 0 aliphatic carbocycles. The van der Waals surface area contributed by atoms with Crippen molar-refractivity contribution in [3.63, 3.8) is 0 Å². The molecule has 0 saturated carbocycles. The van der Waals surface area contributed by atoms with Crippen molar-refractivity contribution in [1.29, 1.82) is 0 Å². The number of likely N-dealkylation sites (tertiary alicyclic amines) is 1. The Morgan fingerprint density at radius 1 is 1.43 bits per heavy atom. The molecule has 116 valence electrons. The fourth-order valence-corrected chi connectivity index (χ4v) is 2.54. The number of carbonyl (C=O) groups excluding carboxylic acids is 1. The third-order valence-corrected chi connectivity index (χ3v) is 3.78. The van der Waals surface area contributed by atoms with Gasteiger partial charge in [-0.1, -0.05) is 6.07 Å². The quantitative estimate of drug-likeness (QED) is 0.870. The van der Waals surface area contributed by atoms with Crippen LogP contribution in [0, 0.1) is 0 Å². The first-order valence-electron chi connectivity index (χ1n) is 7.40. The van der Waals surface area contributed by atoms with Gasteiger partial charge >= 0.3 is 6.03 Å². The van der Waals surface area contributed by atoms with Crippen LogP contribution in [0.25, 0.3) is 0 Å². The highest BCUT2D eigenvalue weighted by atomic mass is 16.2. The van der Waals surface area contributed by atoms with Gasteiger partial charge in [-0.05, 0) is 39.0 Å². The number of amides is 2. The van der Waals surface area contributed by atoms with Gasteiger partial charge in [0.15, 0.2) is 0 Å². The number of hydrogen-bond donors (Lipinski definition) is 2. The van der Waals surface area contributed by atoms with Gasteiger partial charge < -0.3 is 20.4 Å². The maximum atomic E-state index is 12.0. The topological polar surface area (TPSA) is 60.5 Å². The van der Waals surface area contributed by atoms with Gasteiger partial charge in [-0.25, -0.2) is 9.78 Å². The molecule has 0 aromatic carbocycles. The van der Waals surface area contributed by atoms with Crippen LogP contribution in [-0.4, -0.2) is 56.2 Å². The number of nitrogens with one attached hydrogen (secondary N) is 2. The number of aromatic nitrogens is 1. The summed E-state index contributed by atoms with van der Waals surface area (Å²) in [5.74, 6) is 0.886. The summed E-state index contributed by atoms with van der Waals surface area (Å²) in [5, 5.41) is 5.97. The molecule has 2 rings (SSSR count). The zero-order valence-corrected chi connectivity index (χ0v) is 13.1. The lowest BCUT2D eigenvalue weighted by molar-refractivity contribution is 0.213. The van der Waals surface area contributed by atoms with Gasteiger partial charge in [-0.2, -0.15) is 0 Å². The average molecular weight is 291 g/mol. The minimum Gasteiger partial charge on any atom is -0.362 e. The molecule has 6 nitrogen and oxygen atoms in total. The summed E-state index contributed by atoms with van der Waals surface area (Å²) >= 11 is 0. The summed E-state index contributed by atoms with van der Waals surface area (Å²) in [5.41, 5.74) is 1.01. The minimum absolute atomic E-state index is 0.0990. The fraction of sp³-hybridized carbons (Fsp3) is 0.600. The van der Waals surface area contributed by atoms with Gasteiger partial charge in [-0.15, -0.1) is 0 Å². The van der Waals surface area contributed by atoms with Crippen molar-refractivity contribution in [3.05, 3.63) is 23.9 Å². The van der Waals surface area contributed by atoms with Gasteiger partial charge in [0.05, 0.1) is 0 Å². The van der Waals surface area contributed by atoms with Gasteiger partial charge in [-0.3, -0.25) is 0 Å². The molecule has 6 heteroatoms. The van der Waals surface area contributed by atoms with E-state index in [1.54, 1.807) is 6.20 Å². The molecule has 0 spiro atoms. The summed E-state index contributed by atoms with van der Waals surface area (Å²) in [7, 11) is 6.01. The lowest BCUT2D eigenvalue weighted by Crippen LogP contribution is -2.47. The Balaban J connectivity index is 1.81. The number of hydrogen-bond acceptors (Lipinski definition) is 4. The molecule has 2 N–H and O–H groups in total. The monoisotopic (exact) mass is 291 g/mol. The summed E-state index contributed by atoms with van der Waals surface area (Å²) in [4.78, 5) is 20.5. The molecule has 1 aromatic heterocycles. The molecule has 1 aliphatic heterocycles. The lowest BCUT2D eigenvalue weighted by atomic mass is 10.1. The molecule has 21 heavy (non-hydrogen) atoms. The Kier molecular flexibility index (Phi) is 5.38. The van der Waals surface area contributed by atoms with E-state index in [2.05, 4.69) is 27.6 Å². The molecule has 1 aliphatic rings. The lowest BCUT2D eigenvalue weighted by Gasteiger charge is -2.29. The molecule has 1 fully saturated rings. The van der Waals surface area contributed by atoms with Crippen molar-refractivity contribution in [3.8, 4) is 0 Å². The zero-order valence-electron chi connectivity index (χ0n) is 13.1. The second kappa shape index (κ2) is 7.26. The average Bonchev–Trinajstić information content (AvgIpc) is 2.48. The number of carbonyl (C=O) groups is 1. The van der Waals surface area contributed by atoms with Crippen LogP contribution >= 0.6 is 0 Å². The molecule has 0 atom stereocenters. The van der Waals surface area contributed by atoms with E-state index in [1.165, 1.54) is 0 Å². The Morgan fingerprint density at radius 2 is 2.14 bits per heavy atom. The number of nitrogens with zero attached hydrogens (tertiary/aromatic N) is 3. The van der Waals surface area contributed by atoms with E-state index in [0.717, 1.165) is 37.3 Å². The Hall–Kier alpha value is -1.82. The summed E-state index contributed by atoms with van der Waals surface area (Å²) < 4.78 is 0. The van der Waals surface area contributed by atoms with E-state index in [1.807, 2.05) is 31.1 Å². The van der Waals surface area contributed by atoms with Gasteiger partial charge in [0.2, 0.25) is 0 Å². The van der Waals surface area contributed by atoms with Crippen molar-refractivity contribution in [1.82, 2.24) is 20.5 Å². The highest BCUT2D eigenvalue weighted by Gasteiger charge is 2.18. The molecular formula is C15H25N5O. The Bertz CT molecular complexity index is 469. The molecule has 1 saturated heterocycles. The Labute approximate surface area is 126 Å². The second-order valence-corrected chi connectivity index (χ2v) is 5.79. The number of piperidine rings is 1. The Morgan fingerprint density at radius 3 is 2.81 bits per heavy atom. The van der Waals surface area contributed by atoms with Crippen molar-refractivity contribution >= 4 is 11.8 Å². The maximum absolute atomic E-state index is 12.0. The van der Waals surface area contributed by atoms with E-state index < -0.39 is 0 Å². The first kappa shape index (κ1) is 15.6. The van der Waals surface area contributed by atoms with Gasteiger partial charge in [0, 0.05) is 38.4 Å². The predicted molar refractivity (Wildman–Crippen MR) is 84.5 cm³/mol. The third-order valence-electron chi connectivity index (χ3n) is 3.78. The molecular weight excluding hydrogens is 266 g/mol. The van der Waals surface area contributed by atoms with Crippen molar-refractivity contribution < 1.29 is 4.79 Å². The van der Waals surface area contributed by atoms with E-state index >= 15 is 0 Å². The largest absolute Gasteiger partial charge is 0.362 e. The van der Waals surface area contributed by atoms with Crippen LogP contribution in [0.1, 0.15) is 18.4 Å². The number of anilines is 1. The first-order chi connectivity index (χ1) is 10.1. The van der Waals surface area contributed by atoms with E-state index in [9.17, 15) is 4.79 Å². The second-order valence-electron chi connectivity index (χ2n) is 5.79. The SMILES string of the molecule is CN1CCC(NC(=O)NCc2cccnc2N(C)C)CC1. The smallest absolute Gasteiger partial charge is 0.315 e. The molecule has 2 heterocycles. The highest BCUT2D eigenvalue weighted by molar-refractivity contribution is 5.74. The predicted octanol–water partition coefficient (Wildman–Crippen LogP) is 1.04.